The summed E-state index contributed by atoms with van der Waals surface area (Å²) >= 11 is 0. The van der Waals surface area contributed by atoms with Crippen LogP contribution in [-0.4, -0.2) is 44.8 Å². The van der Waals surface area contributed by atoms with Crippen LogP contribution in [0.25, 0.3) is 0 Å². The van der Waals surface area contributed by atoms with Gasteiger partial charge in [0, 0.05) is 17.8 Å². The minimum Gasteiger partial charge on any atom is -0.503 e. The van der Waals surface area contributed by atoms with Crippen molar-refractivity contribution in [1.82, 2.24) is 14.8 Å². The van der Waals surface area contributed by atoms with Crippen LogP contribution in [0.3, 0.4) is 0 Å². The first-order valence-corrected chi connectivity index (χ1v) is 10.9. The summed E-state index contributed by atoms with van der Waals surface area (Å²) in [7, 11) is 0. The molecule has 174 valence electrons. The quantitative estimate of drug-likeness (QED) is 0.734. The molecule has 2 aliphatic heterocycles. The van der Waals surface area contributed by atoms with Crippen LogP contribution < -0.4 is 10.7 Å². The summed E-state index contributed by atoms with van der Waals surface area (Å²) in [5.74, 6) is -3.90. The standard InChI is InChI=1S/C23H23F2N3O5/c1-10-5-15(24)18(16(25)6-10)11(2)26-22(31)14-8-27-9-17-28(12-3-4-13(7-12)33-17)23(32)19(27)21(30)20(14)29/h5-6,8,11-13,17,30H,3-4,7,9H2,1-2H3,(H,26,31)/t11-,12-,13-,17+/m1/s1. The lowest BCUT2D eigenvalue weighted by molar-refractivity contribution is -0.132. The van der Waals surface area contributed by atoms with Crippen LogP contribution in [0.4, 0.5) is 8.78 Å². The van der Waals surface area contributed by atoms with Gasteiger partial charge in [-0.2, -0.15) is 0 Å². The topological polar surface area (TPSA) is 101 Å². The van der Waals surface area contributed by atoms with Gasteiger partial charge in [0.2, 0.25) is 5.43 Å². The number of benzene rings is 1. The number of aromatic nitrogens is 1. The zero-order chi connectivity index (χ0) is 23.6. The van der Waals surface area contributed by atoms with E-state index in [2.05, 4.69) is 5.32 Å². The van der Waals surface area contributed by atoms with Crippen molar-refractivity contribution in [3.8, 4) is 5.75 Å². The van der Waals surface area contributed by atoms with Crippen molar-refractivity contribution in [2.75, 3.05) is 0 Å². The predicted octanol–water partition coefficient (Wildman–Crippen LogP) is 2.36. The maximum Gasteiger partial charge on any atom is 0.276 e. The molecular weight excluding hydrogens is 436 g/mol. The number of aromatic hydroxyl groups is 1. The van der Waals surface area contributed by atoms with Crippen molar-refractivity contribution < 1.29 is 28.2 Å². The summed E-state index contributed by atoms with van der Waals surface area (Å²) in [6.45, 7) is 3.08. The fourth-order valence-electron chi connectivity index (χ4n) is 5.19. The zero-order valence-corrected chi connectivity index (χ0v) is 18.1. The number of ether oxygens (including phenoxy) is 1. The maximum atomic E-state index is 14.3. The fraction of sp³-hybridized carbons (Fsp3) is 0.435. The van der Waals surface area contributed by atoms with E-state index in [0.29, 0.717) is 5.56 Å². The molecule has 10 heteroatoms. The van der Waals surface area contributed by atoms with Crippen LogP contribution in [0.2, 0.25) is 0 Å². The molecule has 1 aromatic heterocycles. The zero-order valence-electron chi connectivity index (χ0n) is 18.1. The summed E-state index contributed by atoms with van der Waals surface area (Å²) in [5.41, 5.74) is -1.60. The van der Waals surface area contributed by atoms with Gasteiger partial charge in [-0.25, -0.2) is 8.78 Å². The number of pyridine rings is 1. The fourth-order valence-corrected chi connectivity index (χ4v) is 5.19. The Morgan fingerprint density at radius 2 is 1.94 bits per heavy atom. The Morgan fingerprint density at radius 1 is 1.24 bits per heavy atom. The number of hydrogen-bond donors (Lipinski definition) is 2. The molecule has 1 aromatic carbocycles. The maximum absolute atomic E-state index is 14.3. The minimum atomic E-state index is -1.09. The number of aryl methyl sites for hydroxylation is 1. The average molecular weight is 459 g/mol. The second-order valence-corrected chi connectivity index (χ2v) is 8.95. The first kappa shape index (κ1) is 21.6. The van der Waals surface area contributed by atoms with E-state index in [0.717, 1.165) is 31.4 Å². The van der Waals surface area contributed by atoms with Crippen molar-refractivity contribution in [2.45, 2.75) is 64.1 Å². The molecule has 2 aromatic rings. The van der Waals surface area contributed by atoms with Gasteiger partial charge < -0.3 is 24.6 Å². The van der Waals surface area contributed by atoms with E-state index in [1.807, 2.05) is 0 Å². The van der Waals surface area contributed by atoms with E-state index in [9.17, 15) is 28.3 Å². The summed E-state index contributed by atoms with van der Waals surface area (Å²) in [6, 6.07) is 1.20. The van der Waals surface area contributed by atoms with E-state index in [1.54, 1.807) is 11.8 Å². The second kappa shape index (κ2) is 7.65. The van der Waals surface area contributed by atoms with Gasteiger partial charge in [0.05, 0.1) is 18.7 Å². The Kier molecular flexibility index (Phi) is 5.00. The summed E-state index contributed by atoms with van der Waals surface area (Å²) in [5, 5.41) is 13.0. The lowest BCUT2D eigenvalue weighted by atomic mass is 10.0. The molecular formula is C23H23F2N3O5. The number of nitrogens with zero attached hydrogens (tertiary/aromatic N) is 2. The smallest absolute Gasteiger partial charge is 0.276 e. The summed E-state index contributed by atoms with van der Waals surface area (Å²) < 4.78 is 35.9. The molecule has 3 heterocycles. The van der Waals surface area contributed by atoms with Gasteiger partial charge >= 0.3 is 0 Å². The van der Waals surface area contributed by atoms with Crippen LogP contribution in [0, 0.1) is 18.6 Å². The van der Waals surface area contributed by atoms with Gasteiger partial charge in [-0.05, 0) is 50.8 Å². The molecule has 1 saturated carbocycles. The molecule has 1 aliphatic carbocycles. The molecule has 2 fully saturated rings. The highest BCUT2D eigenvalue weighted by Gasteiger charge is 2.47. The van der Waals surface area contributed by atoms with Gasteiger partial charge in [0.1, 0.15) is 17.2 Å². The molecule has 8 nitrogen and oxygen atoms in total. The molecule has 1 saturated heterocycles. The van der Waals surface area contributed by atoms with E-state index >= 15 is 0 Å². The number of halogens is 2. The number of nitrogens with one attached hydrogen (secondary N) is 1. The number of carbonyl (C=O) groups is 2. The summed E-state index contributed by atoms with van der Waals surface area (Å²) in [4.78, 5) is 40.3. The number of hydrogen-bond acceptors (Lipinski definition) is 5. The molecule has 0 unspecified atom stereocenters. The third kappa shape index (κ3) is 3.40. The highest BCUT2D eigenvalue weighted by Crippen LogP contribution is 2.38. The lowest BCUT2D eigenvalue weighted by Crippen LogP contribution is -2.57. The first-order valence-electron chi connectivity index (χ1n) is 10.9. The van der Waals surface area contributed by atoms with Crippen LogP contribution in [0.15, 0.2) is 23.1 Å². The van der Waals surface area contributed by atoms with Gasteiger partial charge in [0.25, 0.3) is 11.8 Å². The van der Waals surface area contributed by atoms with Crippen LogP contribution in [0.5, 0.6) is 5.75 Å². The Morgan fingerprint density at radius 3 is 2.64 bits per heavy atom. The molecule has 2 amide bonds. The molecule has 0 spiro atoms. The Labute approximate surface area is 187 Å². The van der Waals surface area contributed by atoms with Crippen LogP contribution >= 0.6 is 0 Å². The minimum absolute atomic E-state index is 0.00683. The lowest BCUT2D eigenvalue weighted by Gasteiger charge is -2.44. The Balaban J connectivity index is 1.47. The van der Waals surface area contributed by atoms with Crippen molar-refractivity contribution in [1.29, 1.82) is 0 Å². The van der Waals surface area contributed by atoms with E-state index in [4.69, 9.17) is 4.74 Å². The largest absolute Gasteiger partial charge is 0.503 e. The number of fused-ring (bicyclic) bond motifs is 5. The molecule has 4 atom stereocenters. The highest BCUT2D eigenvalue weighted by molar-refractivity contribution is 5.99. The predicted molar refractivity (Wildman–Crippen MR) is 112 cm³/mol. The van der Waals surface area contributed by atoms with Crippen molar-refractivity contribution in [2.24, 2.45) is 0 Å². The second-order valence-electron chi connectivity index (χ2n) is 8.95. The van der Waals surface area contributed by atoms with Gasteiger partial charge in [0.15, 0.2) is 17.7 Å². The van der Waals surface area contributed by atoms with Gasteiger partial charge in [-0.15, -0.1) is 0 Å². The third-order valence-electron chi connectivity index (χ3n) is 6.70. The molecule has 0 radical (unpaired) electrons. The van der Waals surface area contributed by atoms with Crippen LogP contribution in [0.1, 0.15) is 64.2 Å². The number of amides is 2. The van der Waals surface area contributed by atoms with E-state index in [1.165, 1.54) is 17.7 Å². The average Bonchev–Trinajstić information content (AvgIpc) is 3.10. The molecule has 5 rings (SSSR count). The molecule has 3 aliphatic rings. The van der Waals surface area contributed by atoms with E-state index in [-0.39, 0.29) is 29.9 Å². The van der Waals surface area contributed by atoms with Crippen molar-refractivity contribution >= 4 is 11.8 Å². The van der Waals surface area contributed by atoms with Crippen molar-refractivity contribution in [3.05, 3.63) is 62.6 Å². The third-order valence-corrected chi connectivity index (χ3v) is 6.70. The van der Waals surface area contributed by atoms with E-state index < -0.39 is 52.5 Å². The Hall–Kier alpha value is -3.27. The highest BCUT2D eigenvalue weighted by atomic mass is 19.1. The number of carbonyl (C=O) groups excluding carboxylic acids is 2. The first-order chi connectivity index (χ1) is 15.7. The Bertz CT molecular complexity index is 1220. The molecule has 2 bridgehead atoms. The van der Waals surface area contributed by atoms with Crippen LogP contribution in [-0.2, 0) is 11.3 Å². The summed E-state index contributed by atoms with van der Waals surface area (Å²) in [6.07, 6.45) is 3.05. The SMILES string of the molecule is Cc1cc(F)c([C@@H](C)NC(=O)c2cn3c(c(O)c2=O)C(=O)N2[C@@H]4CC[C@H](C4)O[C@H]2C3)c(F)c1. The van der Waals surface area contributed by atoms with Gasteiger partial charge in [-0.1, -0.05) is 0 Å². The van der Waals surface area contributed by atoms with Gasteiger partial charge in [-0.3, -0.25) is 14.4 Å². The van der Waals surface area contributed by atoms with Crippen molar-refractivity contribution in [3.63, 3.8) is 0 Å². The monoisotopic (exact) mass is 459 g/mol. The molecule has 33 heavy (non-hydrogen) atoms. The molecule has 2 N–H and O–H groups in total. The normalized spacial score (nSPS) is 24.3. The number of rotatable bonds is 3.